The van der Waals surface area contributed by atoms with Crippen molar-refractivity contribution in [3.8, 4) is 5.75 Å². The molecule has 0 fully saturated rings. The number of hydrogen-bond acceptors (Lipinski definition) is 4. The van der Waals surface area contributed by atoms with Crippen molar-refractivity contribution in [1.82, 2.24) is 8.96 Å². The Kier molecular flexibility index (Phi) is 4.81. The lowest BCUT2D eigenvalue weighted by Gasteiger charge is -2.15. The molecule has 0 radical (unpaired) electrons. The lowest BCUT2D eigenvalue weighted by atomic mass is 10.1. The Hall–Kier alpha value is -2.34. The van der Waals surface area contributed by atoms with Gasteiger partial charge >= 0.3 is 0 Å². The Labute approximate surface area is 148 Å². The lowest BCUT2D eigenvalue weighted by molar-refractivity contribution is 0.321. The molecule has 132 valence electrons. The molecule has 0 atom stereocenters. The molecule has 1 heterocycles. The van der Waals surface area contributed by atoms with Crippen LogP contribution in [0.1, 0.15) is 38.9 Å². The molecule has 1 aromatic heterocycles. The molecule has 0 unspecified atom stereocenters. The number of rotatable bonds is 6. The number of ether oxygens (including phenoxy) is 1. The SMILES string of the molecule is CCCOc1ccc(S(=O)(=O)n2ccnc2C(C)C)c2ccccc12. The van der Waals surface area contributed by atoms with Crippen LogP contribution in [0.2, 0.25) is 0 Å². The van der Waals surface area contributed by atoms with Gasteiger partial charge in [0.2, 0.25) is 0 Å². The Bertz CT molecular complexity index is 991. The summed E-state index contributed by atoms with van der Waals surface area (Å²) in [5, 5.41) is 1.45. The van der Waals surface area contributed by atoms with Crippen molar-refractivity contribution in [2.75, 3.05) is 6.61 Å². The van der Waals surface area contributed by atoms with Gasteiger partial charge in [0.05, 0.1) is 11.5 Å². The maximum atomic E-state index is 13.2. The number of nitrogens with zero attached hydrogens (tertiary/aromatic N) is 2. The van der Waals surface area contributed by atoms with Gasteiger partial charge in [-0.15, -0.1) is 0 Å². The molecular formula is C19H22N2O3S. The van der Waals surface area contributed by atoms with Crippen molar-refractivity contribution in [3.63, 3.8) is 0 Å². The maximum Gasteiger partial charge on any atom is 0.269 e. The first-order valence-corrected chi connectivity index (χ1v) is 9.84. The summed E-state index contributed by atoms with van der Waals surface area (Å²) in [7, 11) is -3.74. The van der Waals surface area contributed by atoms with Crippen molar-refractivity contribution in [1.29, 1.82) is 0 Å². The number of hydrogen-bond donors (Lipinski definition) is 0. The minimum absolute atomic E-state index is 0.00296. The van der Waals surface area contributed by atoms with Gasteiger partial charge in [0, 0.05) is 29.1 Å². The van der Waals surface area contributed by atoms with Crippen molar-refractivity contribution in [3.05, 3.63) is 54.6 Å². The van der Waals surface area contributed by atoms with Crippen LogP contribution in [-0.2, 0) is 10.0 Å². The van der Waals surface area contributed by atoms with Gasteiger partial charge in [-0.25, -0.2) is 17.4 Å². The van der Waals surface area contributed by atoms with Crippen LogP contribution in [0.3, 0.4) is 0 Å². The summed E-state index contributed by atoms with van der Waals surface area (Å²) in [5.74, 6) is 1.23. The predicted molar refractivity (Wildman–Crippen MR) is 98.6 cm³/mol. The van der Waals surface area contributed by atoms with E-state index in [9.17, 15) is 8.42 Å². The van der Waals surface area contributed by atoms with E-state index < -0.39 is 10.0 Å². The van der Waals surface area contributed by atoms with Crippen LogP contribution in [0, 0.1) is 0 Å². The fraction of sp³-hybridized carbons (Fsp3) is 0.316. The van der Waals surface area contributed by atoms with Gasteiger partial charge in [-0.3, -0.25) is 0 Å². The van der Waals surface area contributed by atoms with Crippen LogP contribution in [-0.4, -0.2) is 24.0 Å². The molecule has 0 bridgehead atoms. The second-order valence-corrected chi connectivity index (χ2v) is 7.98. The fourth-order valence-electron chi connectivity index (χ4n) is 2.82. The lowest BCUT2D eigenvalue weighted by Crippen LogP contribution is -2.16. The molecule has 0 aliphatic rings. The molecule has 5 nitrogen and oxygen atoms in total. The molecule has 3 aromatic rings. The molecule has 0 saturated heterocycles. The standard InChI is InChI=1S/C19H22N2O3S/c1-4-13-24-17-9-10-18(16-8-6-5-7-15(16)17)25(22,23)21-12-11-20-19(21)14(2)3/h5-12,14H,4,13H2,1-3H3. The first-order chi connectivity index (χ1) is 12.0. The summed E-state index contributed by atoms with van der Waals surface area (Å²) in [5.41, 5.74) is 0. The van der Waals surface area contributed by atoms with E-state index in [-0.39, 0.29) is 10.8 Å². The third-order valence-corrected chi connectivity index (χ3v) is 5.73. The number of aromatic nitrogens is 2. The summed E-state index contributed by atoms with van der Waals surface area (Å²) in [6.07, 6.45) is 3.91. The molecule has 0 saturated carbocycles. The highest BCUT2D eigenvalue weighted by Gasteiger charge is 2.24. The van der Waals surface area contributed by atoms with E-state index in [0.29, 0.717) is 23.6 Å². The Morgan fingerprint density at radius 1 is 1.12 bits per heavy atom. The summed E-state index contributed by atoms with van der Waals surface area (Å²) in [4.78, 5) is 4.46. The number of benzene rings is 2. The van der Waals surface area contributed by atoms with Crippen molar-refractivity contribution >= 4 is 20.8 Å². The molecular weight excluding hydrogens is 336 g/mol. The Morgan fingerprint density at radius 2 is 1.84 bits per heavy atom. The summed E-state index contributed by atoms with van der Waals surface area (Å²) < 4.78 is 33.5. The van der Waals surface area contributed by atoms with Gasteiger partial charge in [-0.2, -0.15) is 0 Å². The summed E-state index contributed by atoms with van der Waals surface area (Å²) in [6, 6.07) is 10.8. The summed E-state index contributed by atoms with van der Waals surface area (Å²) >= 11 is 0. The molecule has 0 aliphatic carbocycles. The second kappa shape index (κ2) is 6.88. The molecule has 0 amide bonds. The van der Waals surface area contributed by atoms with Gasteiger partial charge in [-0.1, -0.05) is 45.0 Å². The second-order valence-electron chi connectivity index (χ2n) is 6.20. The van der Waals surface area contributed by atoms with E-state index in [1.54, 1.807) is 12.1 Å². The minimum Gasteiger partial charge on any atom is -0.493 e. The first kappa shape index (κ1) is 17.5. The minimum atomic E-state index is -3.74. The highest BCUT2D eigenvalue weighted by molar-refractivity contribution is 7.90. The number of fused-ring (bicyclic) bond motifs is 1. The monoisotopic (exact) mass is 358 g/mol. The zero-order chi connectivity index (χ0) is 18.0. The van der Waals surface area contributed by atoms with E-state index >= 15 is 0 Å². The van der Waals surface area contributed by atoms with E-state index in [4.69, 9.17) is 4.74 Å². The van der Waals surface area contributed by atoms with Crippen LogP contribution in [0.4, 0.5) is 0 Å². The molecule has 0 aliphatic heterocycles. The van der Waals surface area contributed by atoms with Crippen LogP contribution in [0.5, 0.6) is 5.75 Å². The van der Waals surface area contributed by atoms with Crippen LogP contribution < -0.4 is 4.74 Å². The molecule has 0 spiro atoms. The smallest absolute Gasteiger partial charge is 0.269 e. The van der Waals surface area contributed by atoms with E-state index in [2.05, 4.69) is 4.98 Å². The zero-order valence-electron chi connectivity index (χ0n) is 14.6. The summed E-state index contributed by atoms with van der Waals surface area (Å²) in [6.45, 7) is 6.48. The highest BCUT2D eigenvalue weighted by atomic mass is 32.2. The largest absolute Gasteiger partial charge is 0.493 e. The molecule has 2 aromatic carbocycles. The van der Waals surface area contributed by atoms with Crippen LogP contribution >= 0.6 is 0 Å². The quantitative estimate of drug-likeness (QED) is 0.663. The number of imidazole rings is 1. The van der Waals surface area contributed by atoms with Crippen LogP contribution in [0.15, 0.2) is 53.7 Å². The molecule has 6 heteroatoms. The Morgan fingerprint density at radius 3 is 2.52 bits per heavy atom. The Balaban J connectivity index is 2.20. The van der Waals surface area contributed by atoms with Gasteiger partial charge in [0.15, 0.2) is 0 Å². The molecule has 0 N–H and O–H groups in total. The first-order valence-electron chi connectivity index (χ1n) is 8.40. The molecule has 25 heavy (non-hydrogen) atoms. The van der Waals surface area contributed by atoms with Gasteiger partial charge in [0.1, 0.15) is 11.6 Å². The topological polar surface area (TPSA) is 61.2 Å². The molecule has 3 rings (SSSR count). The van der Waals surface area contributed by atoms with Gasteiger partial charge < -0.3 is 4.74 Å². The maximum absolute atomic E-state index is 13.2. The normalized spacial score (nSPS) is 12.0. The van der Waals surface area contributed by atoms with Crippen molar-refractivity contribution in [2.45, 2.75) is 38.0 Å². The third-order valence-electron chi connectivity index (χ3n) is 3.99. The van der Waals surface area contributed by atoms with E-state index in [0.717, 1.165) is 11.8 Å². The van der Waals surface area contributed by atoms with E-state index in [1.807, 2.05) is 45.0 Å². The predicted octanol–water partition coefficient (Wildman–Crippen LogP) is 4.19. The average Bonchev–Trinajstić information content (AvgIpc) is 3.10. The van der Waals surface area contributed by atoms with Crippen LogP contribution in [0.25, 0.3) is 10.8 Å². The highest BCUT2D eigenvalue weighted by Crippen LogP contribution is 2.33. The average molecular weight is 358 g/mol. The van der Waals surface area contributed by atoms with Crippen molar-refractivity contribution in [2.24, 2.45) is 0 Å². The zero-order valence-corrected chi connectivity index (χ0v) is 15.5. The van der Waals surface area contributed by atoms with Gasteiger partial charge in [-0.05, 0) is 18.6 Å². The third kappa shape index (κ3) is 3.14. The fourth-order valence-corrected chi connectivity index (χ4v) is 4.45. The van der Waals surface area contributed by atoms with Gasteiger partial charge in [0.25, 0.3) is 10.0 Å². The van der Waals surface area contributed by atoms with E-state index in [1.165, 1.54) is 16.4 Å². The van der Waals surface area contributed by atoms with Crippen molar-refractivity contribution < 1.29 is 13.2 Å².